The van der Waals surface area contributed by atoms with Crippen molar-refractivity contribution in [3.8, 4) is 0 Å². The summed E-state index contributed by atoms with van der Waals surface area (Å²) < 4.78 is 38.1. The second kappa shape index (κ2) is 4.97. The van der Waals surface area contributed by atoms with Gasteiger partial charge in [-0.1, -0.05) is 0 Å². The van der Waals surface area contributed by atoms with Gasteiger partial charge in [0.1, 0.15) is 5.82 Å². The number of rotatable bonds is 0. The second-order valence-electron chi connectivity index (χ2n) is 4.93. The van der Waals surface area contributed by atoms with E-state index in [4.69, 9.17) is 5.11 Å². The Balaban J connectivity index is 1.86. The van der Waals surface area contributed by atoms with E-state index in [1.165, 1.54) is 16.7 Å². The number of pyridine rings is 1. The van der Waals surface area contributed by atoms with Crippen LogP contribution in [-0.4, -0.2) is 52.5 Å². The van der Waals surface area contributed by atoms with Crippen molar-refractivity contribution in [2.45, 2.75) is 17.1 Å². The fraction of sp³-hybridized carbons (Fsp3) is 0.500. The van der Waals surface area contributed by atoms with Crippen molar-refractivity contribution in [2.24, 2.45) is 0 Å². The SMILES string of the molecule is O=C(O)N1CCN2c3ncc(C(F)(F)F)cc3SC[C@@H]2C1. The molecule has 21 heavy (non-hydrogen) atoms. The summed E-state index contributed by atoms with van der Waals surface area (Å²) in [5, 5.41) is 9.01. The molecular formula is C12H12F3N3O2S. The lowest BCUT2D eigenvalue weighted by atomic mass is 10.1. The van der Waals surface area contributed by atoms with Crippen molar-refractivity contribution in [2.75, 3.05) is 30.3 Å². The number of halogens is 3. The summed E-state index contributed by atoms with van der Waals surface area (Å²) in [6.45, 7) is 1.13. The lowest BCUT2D eigenvalue weighted by Crippen LogP contribution is -2.57. The molecule has 1 amide bonds. The molecule has 3 heterocycles. The molecule has 5 nitrogen and oxygen atoms in total. The van der Waals surface area contributed by atoms with Crippen molar-refractivity contribution < 1.29 is 23.1 Å². The minimum absolute atomic E-state index is 0.0448. The molecule has 9 heteroatoms. The summed E-state index contributed by atoms with van der Waals surface area (Å²) in [6.07, 6.45) is -4.53. The zero-order valence-corrected chi connectivity index (χ0v) is 11.6. The molecule has 1 atom stereocenters. The maximum absolute atomic E-state index is 12.7. The Morgan fingerprint density at radius 2 is 2.19 bits per heavy atom. The molecule has 1 saturated heterocycles. The molecule has 0 aliphatic carbocycles. The molecule has 114 valence electrons. The van der Waals surface area contributed by atoms with Crippen LogP contribution in [0.2, 0.25) is 0 Å². The van der Waals surface area contributed by atoms with Crippen LogP contribution in [0.5, 0.6) is 0 Å². The third-order valence-electron chi connectivity index (χ3n) is 3.62. The van der Waals surface area contributed by atoms with Gasteiger partial charge in [-0.3, -0.25) is 0 Å². The molecule has 3 rings (SSSR count). The Bertz CT molecular complexity index is 581. The van der Waals surface area contributed by atoms with E-state index in [1.807, 2.05) is 4.90 Å². The maximum atomic E-state index is 12.7. The van der Waals surface area contributed by atoms with Gasteiger partial charge in [0, 0.05) is 31.6 Å². The van der Waals surface area contributed by atoms with Crippen molar-refractivity contribution in [1.29, 1.82) is 0 Å². The van der Waals surface area contributed by atoms with E-state index in [0.29, 0.717) is 36.1 Å². The highest BCUT2D eigenvalue weighted by molar-refractivity contribution is 7.99. The molecule has 1 aromatic heterocycles. The highest BCUT2D eigenvalue weighted by atomic mass is 32.2. The van der Waals surface area contributed by atoms with Gasteiger partial charge in [-0.25, -0.2) is 9.78 Å². The third-order valence-corrected chi connectivity index (χ3v) is 4.78. The average Bonchev–Trinajstić information content (AvgIpc) is 2.44. The number of hydrogen-bond acceptors (Lipinski definition) is 4. The van der Waals surface area contributed by atoms with Crippen LogP contribution >= 0.6 is 11.8 Å². The monoisotopic (exact) mass is 319 g/mol. The third kappa shape index (κ3) is 2.61. The van der Waals surface area contributed by atoms with Gasteiger partial charge in [0.2, 0.25) is 0 Å². The zero-order chi connectivity index (χ0) is 15.2. The number of alkyl halides is 3. The van der Waals surface area contributed by atoms with E-state index in [2.05, 4.69) is 4.98 Å². The topological polar surface area (TPSA) is 56.7 Å². The Labute approximate surface area is 122 Å². The number of thioether (sulfide) groups is 1. The van der Waals surface area contributed by atoms with E-state index in [0.717, 1.165) is 12.3 Å². The van der Waals surface area contributed by atoms with Crippen molar-refractivity contribution in [3.63, 3.8) is 0 Å². The van der Waals surface area contributed by atoms with Crippen molar-refractivity contribution >= 4 is 23.7 Å². The molecule has 0 spiro atoms. The average molecular weight is 319 g/mol. The number of fused-ring (bicyclic) bond motifs is 3. The van der Waals surface area contributed by atoms with E-state index in [-0.39, 0.29) is 6.04 Å². The van der Waals surface area contributed by atoms with Crippen molar-refractivity contribution in [3.05, 3.63) is 17.8 Å². The van der Waals surface area contributed by atoms with Crippen LogP contribution in [0, 0.1) is 0 Å². The van der Waals surface area contributed by atoms with Gasteiger partial charge in [0.15, 0.2) is 0 Å². The molecule has 0 unspecified atom stereocenters. The highest BCUT2D eigenvalue weighted by Gasteiger charge is 2.37. The molecule has 1 fully saturated rings. The Morgan fingerprint density at radius 1 is 1.43 bits per heavy atom. The Hall–Kier alpha value is -1.64. The summed E-state index contributed by atoms with van der Waals surface area (Å²) in [5.41, 5.74) is -0.753. The summed E-state index contributed by atoms with van der Waals surface area (Å²) in [6, 6.07) is 1.07. The summed E-state index contributed by atoms with van der Waals surface area (Å²) in [7, 11) is 0. The predicted octanol–water partition coefficient (Wildman–Crippen LogP) is 2.37. The molecule has 0 bridgehead atoms. The van der Waals surface area contributed by atoms with Gasteiger partial charge in [-0.05, 0) is 6.07 Å². The predicted molar refractivity (Wildman–Crippen MR) is 70.7 cm³/mol. The maximum Gasteiger partial charge on any atom is 0.417 e. The fourth-order valence-corrected chi connectivity index (χ4v) is 3.72. The number of piperazine rings is 1. The molecular weight excluding hydrogens is 307 g/mol. The summed E-state index contributed by atoms with van der Waals surface area (Å²) >= 11 is 1.29. The van der Waals surface area contributed by atoms with Gasteiger partial charge >= 0.3 is 12.3 Å². The van der Waals surface area contributed by atoms with Crippen LogP contribution in [0.25, 0.3) is 0 Å². The van der Waals surface area contributed by atoms with E-state index < -0.39 is 17.8 Å². The minimum atomic E-state index is -4.40. The lowest BCUT2D eigenvalue weighted by Gasteiger charge is -2.44. The molecule has 1 aromatic rings. The first-order valence-electron chi connectivity index (χ1n) is 6.31. The Morgan fingerprint density at radius 3 is 2.86 bits per heavy atom. The van der Waals surface area contributed by atoms with E-state index in [9.17, 15) is 18.0 Å². The number of aromatic nitrogens is 1. The van der Waals surface area contributed by atoms with Crippen LogP contribution in [0.15, 0.2) is 17.2 Å². The number of amides is 1. The van der Waals surface area contributed by atoms with E-state index in [1.54, 1.807) is 0 Å². The number of anilines is 1. The Kier molecular flexibility index (Phi) is 3.39. The van der Waals surface area contributed by atoms with Gasteiger partial charge < -0.3 is 14.9 Å². The minimum Gasteiger partial charge on any atom is -0.465 e. The first kappa shape index (κ1) is 14.3. The highest BCUT2D eigenvalue weighted by Crippen LogP contribution is 2.40. The standard InChI is InChI=1S/C12H12F3N3O2S/c13-12(14,15)7-3-9-10(16-4-7)18-2-1-17(11(19)20)5-8(18)6-21-9/h3-4,8H,1-2,5-6H2,(H,19,20)/t8-/m0/s1. The van der Waals surface area contributed by atoms with E-state index >= 15 is 0 Å². The normalized spacial score (nSPS) is 21.8. The number of carbonyl (C=O) groups is 1. The molecule has 0 radical (unpaired) electrons. The first-order valence-corrected chi connectivity index (χ1v) is 7.29. The molecule has 1 N–H and O–H groups in total. The van der Waals surface area contributed by atoms with Gasteiger partial charge in [0.25, 0.3) is 0 Å². The molecule has 0 saturated carbocycles. The zero-order valence-electron chi connectivity index (χ0n) is 10.8. The van der Waals surface area contributed by atoms with Crippen molar-refractivity contribution in [1.82, 2.24) is 9.88 Å². The summed E-state index contributed by atoms with van der Waals surface area (Å²) in [4.78, 5) is 18.7. The van der Waals surface area contributed by atoms with Crippen LogP contribution in [0.1, 0.15) is 5.56 Å². The fourth-order valence-electron chi connectivity index (χ4n) is 2.55. The van der Waals surface area contributed by atoms with Crippen LogP contribution in [0.4, 0.5) is 23.8 Å². The smallest absolute Gasteiger partial charge is 0.417 e. The van der Waals surface area contributed by atoms with Gasteiger partial charge in [0.05, 0.1) is 16.5 Å². The first-order chi connectivity index (χ1) is 9.86. The molecule has 0 aromatic carbocycles. The lowest BCUT2D eigenvalue weighted by molar-refractivity contribution is -0.138. The molecule has 2 aliphatic heterocycles. The second-order valence-corrected chi connectivity index (χ2v) is 5.99. The number of nitrogens with zero attached hydrogens (tertiary/aromatic N) is 3. The number of carboxylic acid groups (broad SMARTS) is 1. The van der Waals surface area contributed by atoms with Crippen LogP contribution in [0.3, 0.4) is 0 Å². The van der Waals surface area contributed by atoms with Gasteiger partial charge in [-0.15, -0.1) is 11.8 Å². The summed E-state index contributed by atoms with van der Waals surface area (Å²) in [5.74, 6) is 1.08. The van der Waals surface area contributed by atoms with Crippen LogP contribution in [-0.2, 0) is 6.18 Å². The quantitative estimate of drug-likeness (QED) is 0.796. The largest absolute Gasteiger partial charge is 0.465 e. The molecule has 2 aliphatic rings. The number of hydrogen-bond donors (Lipinski definition) is 1. The van der Waals surface area contributed by atoms with Gasteiger partial charge in [-0.2, -0.15) is 13.2 Å². The van der Waals surface area contributed by atoms with Crippen LogP contribution < -0.4 is 4.90 Å².